The van der Waals surface area contributed by atoms with Crippen LogP contribution in [0.5, 0.6) is 0 Å². The number of hydrogen-bond acceptors (Lipinski definition) is 4. The lowest BCUT2D eigenvalue weighted by Gasteiger charge is -2.37. The minimum atomic E-state index is -0.0614. The minimum absolute atomic E-state index is 0. The van der Waals surface area contributed by atoms with E-state index in [4.69, 9.17) is 5.73 Å². The van der Waals surface area contributed by atoms with Gasteiger partial charge < -0.3 is 11.1 Å². The van der Waals surface area contributed by atoms with Gasteiger partial charge in [-0.2, -0.15) is 0 Å². The zero-order valence-electron chi connectivity index (χ0n) is 13.7. The summed E-state index contributed by atoms with van der Waals surface area (Å²) in [6, 6.07) is 7.30. The fraction of sp³-hybridized carbons (Fsp3) is 0.529. The van der Waals surface area contributed by atoms with Crippen LogP contribution in [0.2, 0.25) is 0 Å². The van der Waals surface area contributed by atoms with Crippen LogP contribution in [-0.4, -0.2) is 42.3 Å². The van der Waals surface area contributed by atoms with Crippen LogP contribution < -0.4 is 11.1 Å². The standard InChI is InChI=1S/C17H25N3O2.ClH/c1-12-6-7-20(16(8-12)10-18)11-17(22)19-15-5-3-4-14(9-15)13(2)21;/h3-5,9,12,16H,6-8,10-11,18H2,1-2H3,(H,19,22);1H. The third-order valence-corrected chi connectivity index (χ3v) is 4.27. The first-order valence-electron chi connectivity index (χ1n) is 7.84. The Balaban J connectivity index is 0.00000264. The number of hydrogen-bond donors (Lipinski definition) is 2. The molecule has 0 aromatic heterocycles. The zero-order valence-corrected chi connectivity index (χ0v) is 14.6. The number of piperidine rings is 1. The van der Waals surface area contributed by atoms with Crippen LogP contribution in [-0.2, 0) is 4.79 Å². The molecule has 2 unspecified atom stereocenters. The highest BCUT2D eigenvalue weighted by molar-refractivity contribution is 5.97. The quantitative estimate of drug-likeness (QED) is 0.807. The molecule has 1 aromatic rings. The average molecular weight is 340 g/mol. The Morgan fingerprint density at radius 2 is 2.13 bits per heavy atom. The lowest BCUT2D eigenvalue weighted by atomic mass is 9.92. The Morgan fingerprint density at radius 1 is 1.39 bits per heavy atom. The molecule has 1 heterocycles. The van der Waals surface area contributed by atoms with Gasteiger partial charge in [0.05, 0.1) is 6.54 Å². The van der Waals surface area contributed by atoms with Crippen molar-refractivity contribution in [2.45, 2.75) is 32.7 Å². The molecule has 1 aliphatic rings. The predicted molar refractivity (Wildman–Crippen MR) is 95.1 cm³/mol. The molecule has 6 heteroatoms. The van der Waals surface area contributed by atoms with Crippen molar-refractivity contribution in [2.75, 3.05) is 25.0 Å². The van der Waals surface area contributed by atoms with Gasteiger partial charge in [0.1, 0.15) is 0 Å². The van der Waals surface area contributed by atoms with Crippen molar-refractivity contribution < 1.29 is 9.59 Å². The molecule has 1 amide bonds. The average Bonchev–Trinajstić information content (AvgIpc) is 2.49. The van der Waals surface area contributed by atoms with Gasteiger partial charge >= 0.3 is 0 Å². The Morgan fingerprint density at radius 3 is 2.78 bits per heavy atom. The zero-order chi connectivity index (χ0) is 16.1. The van der Waals surface area contributed by atoms with Gasteiger partial charge in [0.25, 0.3) is 0 Å². The summed E-state index contributed by atoms with van der Waals surface area (Å²) in [6.07, 6.45) is 2.15. The van der Waals surface area contributed by atoms with Crippen LogP contribution in [0.3, 0.4) is 0 Å². The number of carbonyl (C=O) groups excluding carboxylic acids is 2. The molecule has 0 spiro atoms. The maximum atomic E-state index is 12.2. The monoisotopic (exact) mass is 339 g/mol. The van der Waals surface area contributed by atoms with E-state index in [0.717, 1.165) is 19.4 Å². The summed E-state index contributed by atoms with van der Waals surface area (Å²) in [7, 11) is 0. The van der Waals surface area contributed by atoms with Gasteiger partial charge in [-0.15, -0.1) is 12.4 Å². The van der Waals surface area contributed by atoms with Crippen molar-refractivity contribution in [1.82, 2.24) is 4.90 Å². The van der Waals surface area contributed by atoms with Gasteiger partial charge in [-0.1, -0.05) is 19.1 Å². The first-order chi connectivity index (χ1) is 10.5. The van der Waals surface area contributed by atoms with Gasteiger partial charge in [-0.05, 0) is 44.4 Å². The van der Waals surface area contributed by atoms with E-state index < -0.39 is 0 Å². The van der Waals surface area contributed by atoms with Crippen LogP contribution in [0, 0.1) is 5.92 Å². The maximum absolute atomic E-state index is 12.2. The van der Waals surface area contributed by atoms with Crippen LogP contribution in [0.1, 0.15) is 37.0 Å². The molecular formula is C17H26ClN3O2. The van der Waals surface area contributed by atoms with E-state index in [0.29, 0.717) is 30.3 Å². The third kappa shape index (κ3) is 5.61. The van der Waals surface area contributed by atoms with Crippen LogP contribution in [0.25, 0.3) is 0 Å². The highest BCUT2D eigenvalue weighted by atomic mass is 35.5. The Bertz CT molecular complexity index is 550. The lowest BCUT2D eigenvalue weighted by Crippen LogP contribution is -2.49. The summed E-state index contributed by atoms with van der Waals surface area (Å²) in [5.74, 6) is 0.595. The van der Waals surface area contributed by atoms with Gasteiger partial charge in [0.15, 0.2) is 5.78 Å². The van der Waals surface area contributed by atoms with Gasteiger partial charge in [-0.25, -0.2) is 0 Å². The number of Topliss-reactive ketones (excluding diaryl/α,β-unsaturated/α-hetero) is 1. The molecular weight excluding hydrogens is 314 g/mol. The number of nitrogens with one attached hydrogen (secondary N) is 1. The second-order valence-corrected chi connectivity index (χ2v) is 6.17. The number of nitrogens with zero attached hydrogens (tertiary/aromatic N) is 1. The highest BCUT2D eigenvalue weighted by Gasteiger charge is 2.26. The van der Waals surface area contributed by atoms with Crippen molar-refractivity contribution in [1.29, 1.82) is 0 Å². The van der Waals surface area contributed by atoms with Gasteiger partial charge in [-0.3, -0.25) is 14.5 Å². The molecule has 1 fully saturated rings. The van der Waals surface area contributed by atoms with Crippen molar-refractivity contribution in [3.05, 3.63) is 29.8 Å². The molecule has 23 heavy (non-hydrogen) atoms. The van der Waals surface area contributed by atoms with E-state index in [2.05, 4.69) is 17.1 Å². The maximum Gasteiger partial charge on any atom is 0.238 e. The topological polar surface area (TPSA) is 75.4 Å². The van der Waals surface area contributed by atoms with Gasteiger partial charge in [0, 0.05) is 23.8 Å². The Kier molecular flexibility index (Phi) is 7.68. The molecule has 0 aliphatic carbocycles. The molecule has 5 nitrogen and oxygen atoms in total. The summed E-state index contributed by atoms with van der Waals surface area (Å²) in [6.45, 7) is 5.58. The Hall–Kier alpha value is -1.43. The fourth-order valence-electron chi connectivity index (χ4n) is 2.95. The number of rotatable bonds is 5. The molecule has 2 rings (SSSR count). The van der Waals surface area contributed by atoms with Crippen molar-refractivity contribution >= 4 is 29.8 Å². The SMILES string of the molecule is CC(=O)c1cccc(NC(=O)CN2CCC(C)CC2CN)c1.Cl. The van der Waals surface area contributed by atoms with Crippen molar-refractivity contribution in [2.24, 2.45) is 11.7 Å². The smallest absolute Gasteiger partial charge is 0.238 e. The minimum Gasteiger partial charge on any atom is -0.329 e. The third-order valence-electron chi connectivity index (χ3n) is 4.27. The summed E-state index contributed by atoms with van der Waals surface area (Å²) in [5.41, 5.74) is 7.09. The molecule has 1 saturated heterocycles. The number of nitrogens with two attached hydrogens (primary N) is 1. The van der Waals surface area contributed by atoms with E-state index in [1.54, 1.807) is 24.3 Å². The van der Waals surface area contributed by atoms with Crippen LogP contribution >= 0.6 is 12.4 Å². The highest BCUT2D eigenvalue weighted by Crippen LogP contribution is 2.21. The molecule has 0 radical (unpaired) electrons. The van der Waals surface area contributed by atoms with Gasteiger partial charge in [0.2, 0.25) is 5.91 Å². The fourth-order valence-corrected chi connectivity index (χ4v) is 2.95. The number of likely N-dealkylation sites (tertiary alicyclic amines) is 1. The predicted octanol–water partition coefficient (Wildman–Crippen LogP) is 2.31. The van der Waals surface area contributed by atoms with E-state index >= 15 is 0 Å². The normalized spacial score (nSPS) is 21.3. The summed E-state index contributed by atoms with van der Waals surface area (Å²) in [4.78, 5) is 25.8. The lowest BCUT2D eigenvalue weighted by molar-refractivity contribution is -0.118. The summed E-state index contributed by atoms with van der Waals surface area (Å²) < 4.78 is 0. The Labute approximate surface area is 144 Å². The van der Waals surface area contributed by atoms with Crippen molar-refractivity contribution in [3.63, 3.8) is 0 Å². The first-order valence-corrected chi connectivity index (χ1v) is 7.84. The second-order valence-electron chi connectivity index (χ2n) is 6.17. The van der Waals surface area contributed by atoms with Crippen LogP contribution in [0.4, 0.5) is 5.69 Å². The van der Waals surface area contributed by atoms with E-state index in [1.165, 1.54) is 6.92 Å². The largest absolute Gasteiger partial charge is 0.329 e. The number of carbonyl (C=O) groups is 2. The van der Waals surface area contributed by atoms with E-state index in [1.807, 2.05) is 0 Å². The molecule has 0 bridgehead atoms. The summed E-state index contributed by atoms with van der Waals surface area (Å²) in [5, 5.41) is 2.87. The van der Waals surface area contributed by atoms with E-state index in [9.17, 15) is 9.59 Å². The molecule has 128 valence electrons. The number of amides is 1. The molecule has 2 atom stereocenters. The number of ketones is 1. The van der Waals surface area contributed by atoms with Crippen molar-refractivity contribution in [3.8, 4) is 0 Å². The number of benzene rings is 1. The number of halogens is 1. The molecule has 1 aromatic carbocycles. The second kappa shape index (κ2) is 9.01. The molecule has 0 saturated carbocycles. The first kappa shape index (κ1) is 19.6. The summed E-state index contributed by atoms with van der Waals surface area (Å²) >= 11 is 0. The number of anilines is 1. The molecule has 1 aliphatic heterocycles. The molecule has 3 N–H and O–H groups in total. The van der Waals surface area contributed by atoms with E-state index in [-0.39, 0.29) is 30.1 Å². The van der Waals surface area contributed by atoms with Crippen LogP contribution in [0.15, 0.2) is 24.3 Å².